The lowest BCUT2D eigenvalue weighted by Crippen LogP contribution is -1.80. The van der Waals surface area contributed by atoms with E-state index < -0.39 is 11.6 Å². The lowest BCUT2D eigenvalue weighted by molar-refractivity contribution is 0.475. The Kier molecular flexibility index (Phi) is 4.27. The summed E-state index contributed by atoms with van der Waals surface area (Å²) in [4.78, 5) is 0. The van der Waals surface area contributed by atoms with Crippen LogP contribution in [-0.2, 0) is 0 Å². The summed E-state index contributed by atoms with van der Waals surface area (Å²) in [5, 5.41) is 8.73. The maximum Gasteiger partial charge on any atom is 0.126 e. The molecule has 0 amide bonds. The zero-order valence-electron chi connectivity index (χ0n) is 8.40. The van der Waals surface area contributed by atoms with Crippen molar-refractivity contribution in [2.24, 2.45) is 0 Å². The van der Waals surface area contributed by atoms with Crippen molar-refractivity contribution in [2.75, 3.05) is 5.73 Å². The molecule has 0 aliphatic rings. The molecule has 2 aromatic carbocycles. The Hall–Kier alpha value is -2.10. The predicted octanol–water partition coefficient (Wildman–Crippen LogP) is 2.94. The van der Waals surface area contributed by atoms with Gasteiger partial charge in [-0.25, -0.2) is 8.78 Å². The molecular weight excluding hydrogens is 212 g/mol. The van der Waals surface area contributed by atoms with Gasteiger partial charge in [-0.05, 0) is 24.3 Å². The van der Waals surface area contributed by atoms with Crippen molar-refractivity contribution in [2.45, 2.75) is 0 Å². The van der Waals surface area contributed by atoms with Gasteiger partial charge in [0.2, 0.25) is 0 Å². The Labute approximate surface area is 92.0 Å². The Balaban J connectivity index is 0.000000160. The van der Waals surface area contributed by atoms with Gasteiger partial charge in [0.25, 0.3) is 0 Å². The molecule has 84 valence electrons. The van der Waals surface area contributed by atoms with Crippen molar-refractivity contribution < 1.29 is 13.9 Å². The second kappa shape index (κ2) is 5.70. The number of aromatic hydroxyl groups is 1. The normalized spacial score (nSPS) is 9.12. The Morgan fingerprint density at radius 2 is 1.44 bits per heavy atom. The number of phenols is 1. The molecule has 0 fully saturated rings. The van der Waals surface area contributed by atoms with Gasteiger partial charge in [-0.3, -0.25) is 0 Å². The molecule has 0 atom stereocenters. The second-order valence-corrected chi connectivity index (χ2v) is 3.03. The number of nitrogen functional groups attached to an aromatic ring is 1. The smallest absolute Gasteiger partial charge is 0.126 e. The molecule has 0 unspecified atom stereocenters. The summed E-state index contributed by atoms with van der Waals surface area (Å²) >= 11 is 0. The van der Waals surface area contributed by atoms with E-state index in [1.165, 1.54) is 24.3 Å². The minimum Gasteiger partial charge on any atom is -0.508 e. The molecule has 0 aromatic heterocycles. The van der Waals surface area contributed by atoms with Crippen molar-refractivity contribution in [3.8, 4) is 5.75 Å². The van der Waals surface area contributed by atoms with Crippen molar-refractivity contribution >= 4 is 5.69 Å². The number of halogens is 2. The highest BCUT2D eigenvalue weighted by Crippen LogP contribution is 2.10. The maximum absolute atomic E-state index is 11.9. The van der Waals surface area contributed by atoms with Gasteiger partial charge >= 0.3 is 0 Å². The summed E-state index contributed by atoms with van der Waals surface area (Å²) in [6, 6.07) is 11.1. The summed E-state index contributed by atoms with van der Waals surface area (Å²) in [7, 11) is 0. The van der Waals surface area contributed by atoms with Gasteiger partial charge in [-0.2, -0.15) is 0 Å². The SMILES string of the molecule is Fc1cccc(F)c1.Nc1cccc(O)c1. The number of hydrogen-bond donors (Lipinski definition) is 2. The van der Waals surface area contributed by atoms with Crippen LogP contribution in [0.5, 0.6) is 5.75 Å². The largest absolute Gasteiger partial charge is 0.508 e. The lowest BCUT2D eigenvalue weighted by atomic mass is 10.3. The molecule has 0 saturated heterocycles. The Morgan fingerprint density at radius 1 is 0.875 bits per heavy atom. The van der Waals surface area contributed by atoms with Crippen LogP contribution in [0.2, 0.25) is 0 Å². The van der Waals surface area contributed by atoms with Gasteiger partial charge in [0, 0.05) is 17.8 Å². The number of rotatable bonds is 0. The van der Waals surface area contributed by atoms with Crippen LogP contribution in [0.1, 0.15) is 0 Å². The quantitative estimate of drug-likeness (QED) is 0.674. The average Bonchev–Trinajstić information content (AvgIpc) is 2.17. The highest BCUT2D eigenvalue weighted by molar-refractivity contribution is 5.42. The van der Waals surface area contributed by atoms with Crippen LogP contribution in [0.4, 0.5) is 14.5 Å². The van der Waals surface area contributed by atoms with E-state index in [1.54, 1.807) is 18.2 Å². The van der Waals surface area contributed by atoms with Crippen LogP contribution in [0.25, 0.3) is 0 Å². The first-order chi connectivity index (χ1) is 7.58. The first-order valence-corrected chi connectivity index (χ1v) is 4.53. The van der Waals surface area contributed by atoms with Crippen LogP contribution in [0.3, 0.4) is 0 Å². The maximum atomic E-state index is 11.9. The molecule has 2 nitrogen and oxygen atoms in total. The van der Waals surface area contributed by atoms with E-state index in [9.17, 15) is 8.78 Å². The molecule has 0 heterocycles. The molecule has 16 heavy (non-hydrogen) atoms. The molecule has 0 saturated carbocycles. The average molecular weight is 223 g/mol. The molecule has 0 aliphatic carbocycles. The van der Waals surface area contributed by atoms with E-state index in [2.05, 4.69) is 0 Å². The fourth-order valence-electron chi connectivity index (χ4n) is 0.985. The molecule has 4 heteroatoms. The summed E-state index contributed by atoms with van der Waals surface area (Å²) in [5.41, 5.74) is 5.89. The van der Waals surface area contributed by atoms with E-state index in [-0.39, 0.29) is 5.75 Å². The van der Waals surface area contributed by atoms with Crippen molar-refractivity contribution in [1.82, 2.24) is 0 Å². The van der Waals surface area contributed by atoms with Crippen molar-refractivity contribution in [3.63, 3.8) is 0 Å². The molecule has 0 aliphatic heterocycles. The van der Waals surface area contributed by atoms with Crippen molar-refractivity contribution in [3.05, 3.63) is 60.2 Å². The van der Waals surface area contributed by atoms with Gasteiger partial charge in [-0.15, -0.1) is 0 Å². The number of nitrogens with two attached hydrogens (primary N) is 1. The van der Waals surface area contributed by atoms with Crippen molar-refractivity contribution in [1.29, 1.82) is 0 Å². The lowest BCUT2D eigenvalue weighted by Gasteiger charge is -1.90. The summed E-state index contributed by atoms with van der Waals surface area (Å²) in [5.74, 6) is -0.861. The van der Waals surface area contributed by atoms with Gasteiger partial charge in [0.1, 0.15) is 17.4 Å². The van der Waals surface area contributed by atoms with Crippen LogP contribution in [-0.4, -0.2) is 5.11 Å². The summed E-state index contributed by atoms with van der Waals surface area (Å²) in [6.07, 6.45) is 0. The van der Waals surface area contributed by atoms with Gasteiger partial charge < -0.3 is 10.8 Å². The van der Waals surface area contributed by atoms with Crippen LogP contribution in [0, 0.1) is 11.6 Å². The second-order valence-electron chi connectivity index (χ2n) is 3.03. The third kappa shape index (κ3) is 4.41. The predicted molar refractivity (Wildman–Crippen MR) is 58.9 cm³/mol. The molecular formula is C12H11F2NO. The molecule has 3 N–H and O–H groups in total. The highest BCUT2D eigenvalue weighted by atomic mass is 19.1. The molecule has 2 rings (SSSR count). The first kappa shape index (κ1) is 12.0. The zero-order valence-corrected chi connectivity index (χ0v) is 8.40. The van der Waals surface area contributed by atoms with Crippen LogP contribution < -0.4 is 5.73 Å². The molecule has 0 radical (unpaired) electrons. The minimum atomic E-state index is -0.537. The monoisotopic (exact) mass is 223 g/mol. The number of phenolic OH excluding ortho intramolecular Hbond substituents is 1. The van der Waals surface area contributed by atoms with Gasteiger partial charge in [0.15, 0.2) is 0 Å². The molecule has 0 spiro atoms. The topological polar surface area (TPSA) is 46.2 Å². The van der Waals surface area contributed by atoms with Gasteiger partial charge in [-0.1, -0.05) is 12.1 Å². The summed E-state index contributed by atoms with van der Waals surface area (Å²) in [6.45, 7) is 0. The zero-order chi connectivity index (χ0) is 12.0. The van der Waals surface area contributed by atoms with E-state index in [0.717, 1.165) is 6.07 Å². The molecule has 2 aromatic rings. The van der Waals surface area contributed by atoms with E-state index in [1.807, 2.05) is 0 Å². The first-order valence-electron chi connectivity index (χ1n) is 4.53. The van der Waals surface area contributed by atoms with Crippen LogP contribution in [0.15, 0.2) is 48.5 Å². The fourth-order valence-corrected chi connectivity index (χ4v) is 0.985. The summed E-state index contributed by atoms with van der Waals surface area (Å²) < 4.78 is 23.9. The van der Waals surface area contributed by atoms with E-state index in [0.29, 0.717) is 5.69 Å². The number of anilines is 1. The van der Waals surface area contributed by atoms with E-state index in [4.69, 9.17) is 10.8 Å². The highest BCUT2D eigenvalue weighted by Gasteiger charge is 1.88. The fraction of sp³-hybridized carbons (Fsp3) is 0. The Morgan fingerprint density at radius 3 is 1.75 bits per heavy atom. The van der Waals surface area contributed by atoms with Crippen LogP contribution >= 0.6 is 0 Å². The number of benzene rings is 2. The molecule has 0 bridgehead atoms. The third-order valence-corrected chi connectivity index (χ3v) is 1.66. The van der Waals surface area contributed by atoms with E-state index >= 15 is 0 Å². The standard InChI is InChI=1S/C6H4F2.C6H7NO/c2*7-5-2-1-3-6(8)4-5/h1-4H;1-4,8H,7H2. The number of hydrogen-bond acceptors (Lipinski definition) is 2. The Bertz CT molecular complexity index is 382. The van der Waals surface area contributed by atoms with Gasteiger partial charge in [0.05, 0.1) is 0 Å². The third-order valence-electron chi connectivity index (χ3n) is 1.66. The minimum absolute atomic E-state index is 0.213.